The molecule has 1 aliphatic carbocycles. The number of rotatable bonds is 3. The van der Waals surface area contributed by atoms with E-state index in [1.165, 1.54) is 6.42 Å². The van der Waals surface area contributed by atoms with E-state index >= 15 is 0 Å². The van der Waals surface area contributed by atoms with Gasteiger partial charge in [-0.1, -0.05) is 12.2 Å². The summed E-state index contributed by atoms with van der Waals surface area (Å²) in [7, 11) is 0. The maximum Gasteiger partial charge on any atom is 0.226 e. The van der Waals surface area contributed by atoms with Crippen LogP contribution in [0.1, 0.15) is 38.5 Å². The highest BCUT2D eigenvalue weighted by Gasteiger charge is 2.30. The van der Waals surface area contributed by atoms with Crippen molar-refractivity contribution in [2.45, 2.75) is 44.6 Å². The van der Waals surface area contributed by atoms with Crippen molar-refractivity contribution < 1.29 is 4.79 Å². The smallest absolute Gasteiger partial charge is 0.226 e. The fourth-order valence-corrected chi connectivity index (χ4v) is 2.84. The predicted molar refractivity (Wildman–Crippen MR) is 64.9 cm³/mol. The summed E-state index contributed by atoms with van der Waals surface area (Å²) >= 11 is 0. The van der Waals surface area contributed by atoms with Gasteiger partial charge in [-0.15, -0.1) is 0 Å². The van der Waals surface area contributed by atoms with E-state index in [1.807, 2.05) is 0 Å². The third-order valence-corrected chi connectivity index (χ3v) is 3.77. The molecule has 0 aromatic heterocycles. The molecule has 0 aromatic rings. The van der Waals surface area contributed by atoms with Gasteiger partial charge >= 0.3 is 0 Å². The molecule has 0 radical (unpaired) electrons. The predicted octanol–water partition coefficient (Wildman–Crippen LogP) is 1.68. The minimum absolute atomic E-state index is 0.221. The first-order valence-corrected chi connectivity index (χ1v) is 6.48. The maximum absolute atomic E-state index is 12.3. The van der Waals surface area contributed by atoms with Crippen LogP contribution in [-0.2, 0) is 4.79 Å². The number of allylic oxidation sites excluding steroid dienone is 2. The zero-order chi connectivity index (χ0) is 11.4. The van der Waals surface area contributed by atoms with Crippen molar-refractivity contribution in [2.24, 2.45) is 11.7 Å². The molecule has 3 nitrogen and oxygen atoms in total. The molecule has 3 heteroatoms. The van der Waals surface area contributed by atoms with Gasteiger partial charge in [0.2, 0.25) is 5.91 Å². The quantitative estimate of drug-likeness (QED) is 0.738. The molecule has 1 unspecified atom stereocenters. The number of hydrogen-bond donors (Lipinski definition) is 1. The molecule has 1 aliphatic heterocycles. The summed E-state index contributed by atoms with van der Waals surface area (Å²) < 4.78 is 0. The molecule has 2 rings (SSSR count). The summed E-state index contributed by atoms with van der Waals surface area (Å²) in [6.45, 7) is 1.64. The summed E-state index contributed by atoms with van der Waals surface area (Å²) in [5, 5.41) is 0. The Hall–Kier alpha value is -0.830. The second-order valence-corrected chi connectivity index (χ2v) is 4.90. The standard InChI is InChI=1S/C13H22N2O/c14-9-8-12-7-3-4-10-15(12)13(16)11-5-1-2-6-11/h1-2,11-12H,3-10,14H2. The Morgan fingerprint density at radius 3 is 2.75 bits per heavy atom. The fourth-order valence-electron chi connectivity index (χ4n) is 2.84. The summed E-state index contributed by atoms with van der Waals surface area (Å²) in [5.41, 5.74) is 5.62. The lowest BCUT2D eigenvalue weighted by molar-refractivity contribution is -0.139. The topological polar surface area (TPSA) is 46.3 Å². The lowest BCUT2D eigenvalue weighted by Gasteiger charge is -2.37. The molecule has 1 fully saturated rings. The van der Waals surface area contributed by atoms with Crippen LogP contribution in [0.25, 0.3) is 0 Å². The highest BCUT2D eigenvalue weighted by Crippen LogP contribution is 2.26. The molecular formula is C13H22N2O. The van der Waals surface area contributed by atoms with Crippen LogP contribution in [0.2, 0.25) is 0 Å². The van der Waals surface area contributed by atoms with Gasteiger partial charge in [0.15, 0.2) is 0 Å². The summed E-state index contributed by atoms with van der Waals surface area (Å²) in [6.07, 6.45) is 10.6. The van der Waals surface area contributed by atoms with Gasteiger partial charge in [-0.25, -0.2) is 0 Å². The molecule has 0 spiro atoms. The molecule has 1 saturated heterocycles. The number of hydrogen-bond acceptors (Lipinski definition) is 2. The molecule has 1 heterocycles. The number of amides is 1. The minimum atomic E-state index is 0.221. The lowest BCUT2D eigenvalue weighted by Crippen LogP contribution is -2.46. The van der Waals surface area contributed by atoms with Gasteiger partial charge < -0.3 is 10.6 Å². The van der Waals surface area contributed by atoms with Gasteiger partial charge in [0.1, 0.15) is 0 Å². The van der Waals surface area contributed by atoms with Gasteiger partial charge in [-0.05, 0) is 45.1 Å². The Bertz CT molecular complexity index is 265. The fraction of sp³-hybridized carbons (Fsp3) is 0.769. The Balaban J connectivity index is 1.96. The van der Waals surface area contributed by atoms with Gasteiger partial charge in [0.25, 0.3) is 0 Å². The van der Waals surface area contributed by atoms with E-state index in [0.29, 0.717) is 18.5 Å². The van der Waals surface area contributed by atoms with Crippen LogP contribution in [0.4, 0.5) is 0 Å². The Morgan fingerprint density at radius 2 is 2.06 bits per heavy atom. The van der Waals surface area contributed by atoms with Crippen LogP contribution in [-0.4, -0.2) is 29.9 Å². The number of nitrogens with zero attached hydrogens (tertiary/aromatic N) is 1. The average Bonchev–Trinajstić information content (AvgIpc) is 2.83. The molecule has 1 amide bonds. The Kier molecular flexibility index (Phi) is 3.99. The average molecular weight is 222 g/mol. The summed E-state index contributed by atoms with van der Waals surface area (Å²) in [5.74, 6) is 0.585. The molecular weight excluding hydrogens is 200 g/mol. The molecule has 0 saturated carbocycles. The molecule has 1 atom stereocenters. The van der Waals surface area contributed by atoms with E-state index in [4.69, 9.17) is 5.73 Å². The molecule has 0 bridgehead atoms. The normalized spacial score (nSPS) is 26.3. The molecule has 16 heavy (non-hydrogen) atoms. The second-order valence-electron chi connectivity index (χ2n) is 4.90. The molecule has 2 aliphatic rings. The van der Waals surface area contributed by atoms with E-state index in [2.05, 4.69) is 17.1 Å². The van der Waals surface area contributed by atoms with Crippen LogP contribution in [0.5, 0.6) is 0 Å². The zero-order valence-electron chi connectivity index (χ0n) is 9.90. The molecule has 0 aromatic carbocycles. The first-order chi connectivity index (χ1) is 7.83. The Morgan fingerprint density at radius 1 is 1.31 bits per heavy atom. The minimum Gasteiger partial charge on any atom is -0.339 e. The first kappa shape index (κ1) is 11.6. The largest absolute Gasteiger partial charge is 0.339 e. The van der Waals surface area contributed by atoms with Crippen LogP contribution in [0.3, 0.4) is 0 Å². The van der Waals surface area contributed by atoms with E-state index < -0.39 is 0 Å². The molecule has 90 valence electrons. The Labute approximate surface area is 97.7 Å². The van der Waals surface area contributed by atoms with Crippen LogP contribution in [0, 0.1) is 5.92 Å². The first-order valence-electron chi connectivity index (χ1n) is 6.48. The van der Waals surface area contributed by atoms with Gasteiger partial charge in [-0.2, -0.15) is 0 Å². The summed E-state index contributed by atoms with van der Waals surface area (Å²) in [4.78, 5) is 14.4. The van der Waals surface area contributed by atoms with E-state index in [0.717, 1.165) is 38.6 Å². The highest BCUT2D eigenvalue weighted by atomic mass is 16.2. The van der Waals surface area contributed by atoms with Crippen molar-refractivity contribution in [3.8, 4) is 0 Å². The highest BCUT2D eigenvalue weighted by molar-refractivity contribution is 5.80. The van der Waals surface area contributed by atoms with Crippen molar-refractivity contribution in [2.75, 3.05) is 13.1 Å². The number of nitrogens with two attached hydrogens (primary N) is 1. The number of carbonyl (C=O) groups is 1. The third kappa shape index (κ3) is 2.46. The SMILES string of the molecule is NCCC1CCCCN1C(=O)C1CC=CC1. The van der Waals surface area contributed by atoms with Gasteiger partial charge in [-0.3, -0.25) is 4.79 Å². The van der Waals surface area contributed by atoms with Gasteiger partial charge in [0.05, 0.1) is 0 Å². The number of likely N-dealkylation sites (tertiary alicyclic amines) is 1. The van der Waals surface area contributed by atoms with Crippen molar-refractivity contribution in [3.05, 3.63) is 12.2 Å². The number of carbonyl (C=O) groups excluding carboxylic acids is 1. The van der Waals surface area contributed by atoms with Crippen molar-refractivity contribution in [1.29, 1.82) is 0 Å². The maximum atomic E-state index is 12.3. The third-order valence-electron chi connectivity index (χ3n) is 3.77. The van der Waals surface area contributed by atoms with E-state index in [1.54, 1.807) is 0 Å². The van der Waals surface area contributed by atoms with E-state index in [-0.39, 0.29) is 5.92 Å². The van der Waals surface area contributed by atoms with Crippen molar-refractivity contribution in [3.63, 3.8) is 0 Å². The van der Waals surface area contributed by atoms with Gasteiger partial charge in [0, 0.05) is 18.5 Å². The summed E-state index contributed by atoms with van der Waals surface area (Å²) in [6, 6.07) is 0.409. The van der Waals surface area contributed by atoms with Crippen molar-refractivity contribution >= 4 is 5.91 Å². The second kappa shape index (κ2) is 5.48. The van der Waals surface area contributed by atoms with Crippen molar-refractivity contribution in [1.82, 2.24) is 4.90 Å². The number of piperidine rings is 1. The van der Waals surface area contributed by atoms with Crippen LogP contribution in [0.15, 0.2) is 12.2 Å². The monoisotopic (exact) mass is 222 g/mol. The van der Waals surface area contributed by atoms with Crippen LogP contribution < -0.4 is 5.73 Å². The van der Waals surface area contributed by atoms with E-state index in [9.17, 15) is 4.79 Å². The lowest BCUT2D eigenvalue weighted by atomic mass is 9.96. The van der Waals surface area contributed by atoms with Crippen LogP contribution >= 0.6 is 0 Å². The molecule has 2 N–H and O–H groups in total. The zero-order valence-corrected chi connectivity index (χ0v) is 9.90.